The highest BCUT2D eigenvalue weighted by Crippen LogP contribution is 2.56. The van der Waals surface area contributed by atoms with Gasteiger partial charge >= 0.3 is 0 Å². The van der Waals surface area contributed by atoms with E-state index in [0.29, 0.717) is 0 Å². The molecule has 0 radical (unpaired) electrons. The van der Waals surface area contributed by atoms with Gasteiger partial charge in [0.05, 0.1) is 0 Å². The molecule has 0 aromatic heterocycles. The van der Waals surface area contributed by atoms with Crippen LogP contribution in [-0.2, 0) is 0 Å². The first kappa shape index (κ1) is 10.5. The van der Waals surface area contributed by atoms with E-state index in [0.717, 1.165) is 17.3 Å². The van der Waals surface area contributed by atoms with Crippen LogP contribution < -0.4 is 5.32 Å². The zero-order valence-electron chi connectivity index (χ0n) is 9.81. The molecule has 2 saturated carbocycles. The van der Waals surface area contributed by atoms with Crippen molar-refractivity contribution in [2.24, 2.45) is 17.3 Å². The van der Waals surface area contributed by atoms with E-state index in [9.17, 15) is 0 Å². The molecule has 2 aliphatic rings. The lowest BCUT2D eigenvalue weighted by Gasteiger charge is -2.23. The maximum absolute atomic E-state index is 3.66. The van der Waals surface area contributed by atoms with Crippen molar-refractivity contribution in [2.75, 3.05) is 13.1 Å². The minimum absolute atomic E-state index is 0.755. The Morgan fingerprint density at radius 3 is 2.36 bits per heavy atom. The van der Waals surface area contributed by atoms with Gasteiger partial charge in [0, 0.05) is 6.54 Å². The summed E-state index contributed by atoms with van der Waals surface area (Å²) in [4.78, 5) is 0. The molecule has 0 aromatic carbocycles. The summed E-state index contributed by atoms with van der Waals surface area (Å²) in [5.74, 6) is 1.87. The molecule has 0 heterocycles. The molecule has 1 N–H and O–H groups in total. The van der Waals surface area contributed by atoms with E-state index in [2.05, 4.69) is 19.2 Å². The summed E-state index contributed by atoms with van der Waals surface area (Å²) in [6, 6.07) is 0. The van der Waals surface area contributed by atoms with Gasteiger partial charge in [-0.05, 0) is 49.5 Å². The summed E-state index contributed by atoms with van der Waals surface area (Å²) in [6.45, 7) is 7.09. The van der Waals surface area contributed by atoms with Crippen LogP contribution in [0.25, 0.3) is 0 Å². The lowest BCUT2D eigenvalue weighted by atomic mass is 9.87. The Bertz CT molecular complexity index is 176. The van der Waals surface area contributed by atoms with Crippen molar-refractivity contribution in [1.29, 1.82) is 0 Å². The molecule has 0 saturated heterocycles. The molecule has 1 nitrogen and oxygen atoms in total. The summed E-state index contributed by atoms with van der Waals surface area (Å²) in [5, 5.41) is 3.66. The van der Waals surface area contributed by atoms with Crippen LogP contribution in [0.4, 0.5) is 0 Å². The maximum Gasteiger partial charge on any atom is 0.00106 e. The van der Waals surface area contributed by atoms with Crippen molar-refractivity contribution in [3.05, 3.63) is 0 Å². The molecule has 0 spiro atoms. The predicted molar refractivity (Wildman–Crippen MR) is 61.3 cm³/mol. The van der Waals surface area contributed by atoms with E-state index in [1.165, 1.54) is 51.6 Å². The van der Waals surface area contributed by atoms with Gasteiger partial charge in [-0.3, -0.25) is 0 Å². The van der Waals surface area contributed by atoms with Crippen molar-refractivity contribution < 1.29 is 0 Å². The Labute approximate surface area is 88.7 Å². The zero-order chi connectivity index (χ0) is 10.0. The van der Waals surface area contributed by atoms with Gasteiger partial charge in [0.2, 0.25) is 0 Å². The molecular weight excluding hydrogens is 170 g/mol. The first-order chi connectivity index (χ1) is 6.73. The molecule has 2 rings (SSSR count). The topological polar surface area (TPSA) is 12.0 Å². The molecule has 0 amide bonds. The molecule has 0 unspecified atom stereocenters. The fourth-order valence-corrected chi connectivity index (χ4v) is 3.04. The monoisotopic (exact) mass is 195 g/mol. The molecule has 1 heteroatoms. The highest BCUT2D eigenvalue weighted by Gasteiger charge is 2.48. The van der Waals surface area contributed by atoms with E-state index in [1.54, 1.807) is 0 Å². The third-order valence-corrected chi connectivity index (χ3v) is 4.14. The Balaban J connectivity index is 1.73. The smallest absolute Gasteiger partial charge is 0.00106 e. The summed E-state index contributed by atoms with van der Waals surface area (Å²) in [6.07, 6.45) is 9.03. The van der Waals surface area contributed by atoms with Crippen molar-refractivity contribution in [1.82, 2.24) is 5.32 Å². The average Bonchev–Trinajstić information content (AvgIpc) is 2.73. The molecule has 82 valence electrons. The van der Waals surface area contributed by atoms with E-state index in [-0.39, 0.29) is 0 Å². The maximum atomic E-state index is 3.66. The second-order valence-electron chi connectivity index (χ2n) is 5.87. The highest BCUT2D eigenvalue weighted by atomic mass is 14.9. The Morgan fingerprint density at radius 1 is 1.21 bits per heavy atom. The Kier molecular flexibility index (Phi) is 3.16. The fourth-order valence-electron chi connectivity index (χ4n) is 3.04. The summed E-state index contributed by atoms with van der Waals surface area (Å²) < 4.78 is 0. The minimum Gasteiger partial charge on any atom is -0.316 e. The third kappa shape index (κ3) is 2.31. The van der Waals surface area contributed by atoms with Crippen molar-refractivity contribution in [3.8, 4) is 0 Å². The second-order valence-corrected chi connectivity index (χ2v) is 5.87. The normalized spacial score (nSPS) is 25.9. The van der Waals surface area contributed by atoms with Gasteiger partial charge in [-0.15, -0.1) is 0 Å². The molecule has 0 bridgehead atoms. The van der Waals surface area contributed by atoms with E-state index in [4.69, 9.17) is 0 Å². The average molecular weight is 195 g/mol. The summed E-state index contributed by atoms with van der Waals surface area (Å²) >= 11 is 0. The van der Waals surface area contributed by atoms with Gasteiger partial charge in [-0.2, -0.15) is 0 Å². The summed E-state index contributed by atoms with van der Waals surface area (Å²) in [7, 11) is 0. The van der Waals surface area contributed by atoms with Crippen LogP contribution in [0, 0.1) is 17.3 Å². The first-order valence-corrected chi connectivity index (χ1v) is 6.44. The number of nitrogens with one attached hydrogen (secondary N) is 1. The zero-order valence-corrected chi connectivity index (χ0v) is 9.81. The second kappa shape index (κ2) is 4.22. The Hall–Kier alpha value is -0.0400. The molecule has 0 aliphatic heterocycles. The van der Waals surface area contributed by atoms with Crippen LogP contribution in [0.2, 0.25) is 0 Å². The molecule has 0 atom stereocenters. The Morgan fingerprint density at radius 2 is 1.86 bits per heavy atom. The highest BCUT2D eigenvalue weighted by molar-refractivity contribution is 5.01. The SMILES string of the molecule is CC(C)CNCC1(C2CCCC2)CC1. The third-order valence-electron chi connectivity index (χ3n) is 4.14. The quantitative estimate of drug-likeness (QED) is 0.710. The van der Waals surface area contributed by atoms with Crippen LogP contribution in [0.1, 0.15) is 52.4 Å². The summed E-state index contributed by atoms with van der Waals surface area (Å²) in [5.41, 5.74) is 0.755. The van der Waals surface area contributed by atoms with Gasteiger partial charge in [0.15, 0.2) is 0 Å². The molecule has 2 fully saturated rings. The van der Waals surface area contributed by atoms with Crippen LogP contribution >= 0.6 is 0 Å². The van der Waals surface area contributed by atoms with Gasteiger partial charge in [-0.25, -0.2) is 0 Å². The minimum atomic E-state index is 0.755. The lowest BCUT2D eigenvalue weighted by molar-refractivity contribution is 0.294. The van der Waals surface area contributed by atoms with Crippen molar-refractivity contribution in [2.45, 2.75) is 52.4 Å². The van der Waals surface area contributed by atoms with Crippen molar-refractivity contribution >= 4 is 0 Å². The van der Waals surface area contributed by atoms with Gasteiger partial charge < -0.3 is 5.32 Å². The lowest BCUT2D eigenvalue weighted by Crippen LogP contribution is -2.31. The molecule has 0 aromatic rings. The number of hydrogen-bond donors (Lipinski definition) is 1. The first-order valence-electron chi connectivity index (χ1n) is 6.44. The predicted octanol–water partition coefficient (Wildman–Crippen LogP) is 3.20. The van der Waals surface area contributed by atoms with E-state index >= 15 is 0 Å². The van der Waals surface area contributed by atoms with Crippen LogP contribution in [0.5, 0.6) is 0 Å². The van der Waals surface area contributed by atoms with E-state index < -0.39 is 0 Å². The molecule has 2 aliphatic carbocycles. The largest absolute Gasteiger partial charge is 0.316 e. The van der Waals surface area contributed by atoms with Crippen molar-refractivity contribution in [3.63, 3.8) is 0 Å². The van der Waals surface area contributed by atoms with Gasteiger partial charge in [-0.1, -0.05) is 26.7 Å². The standard InChI is InChI=1S/C13H25N/c1-11(2)9-14-10-13(7-8-13)12-5-3-4-6-12/h11-12,14H,3-10H2,1-2H3. The van der Waals surface area contributed by atoms with Gasteiger partial charge in [0.25, 0.3) is 0 Å². The van der Waals surface area contributed by atoms with E-state index in [1.807, 2.05) is 0 Å². The molecule has 14 heavy (non-hydrogen) atoms. The molecular formula is C13H25N. The number of hydrogen-bond acceptors (Lipinski definition) is 1. The fraction of sp³-hybridized carbons (Fsp3) is 1.00. The number of rotatable bonds is 5. The van der Waals surface area contributed by atoms with Gasteiger partial charge in [0.1, 0.15) is 0 Å². The van der Waals surface area contributed by atoms with Crippen LogP contribution in [-0.4, -0.2) is 13.1 Å². The van der Waals surface area contributed by atoms with Crippen LogP contribution in [0.3, 0.4) is 0 Å². The van der Waals surface area contributed by atoms with Crippen LogP contribution in [0.15, 0.2) is 0 Å².